The summed E-state index contributed by atoms with van der Waals surface area (Å²) in [5.41, 5.74) is 2.86. The van der Waals surface area contributed by atoms with Crippen LogP contribution in [0.2, 0.25) is 0 Å². The number of carbonyl (C=O) groups is 2. The first-order chi connectivity index (χ1) is 10.6. The van der Waals surface area contributed by atoms with Crippen molar-refractivity contribution in [2.24, 2.45) is 0 Å². The van der Waals surface area contributed by atoms with Crippen LogP contribution in [0.5, 0.6) is 0 Å². The standard InChI is InChI=1S/C17H14N2O2S/c1-11(20)10-22-17-18-14-8-7-13(9-15(14)19-17)16(21)12-5-3-2-4-6-12/h2-9H,10H2,1H3,(H,18,19). The molecule has 3 aromatic rings. The van der Waals surface area contributed by atoms with Gasteiger partial charge in [-0.3, -0.25) is 9.59 Å². The molecule has 1 aromatic heterocycles. The molecule has 0 aliphatic rings. The Hall–Kier alpha value is -2.40. The minimum absolute atomic E-state index is 0.0185. The van der Waals surface area contributed by atoms with E-state index >= 15 is 0 Å². The molecule has 0 saturated carbocycles. The molecular formula is C17H14N2O2S. The largest absolute Gasteiger partial charge is 0.333 e. The molecule has 0 aliphatic carbocycles. The van der Waals surface area contributed by atoms with Crippen molar-refractivity contribution in [3.05, 3.63) is 59.7 Å². The van der Waals surface area contributed by atoms with Crippen LogP contribution in [-0.2, 0) is 4.79 Å². The first-order valence-electron chi connectivity index (χ1n) is 6.85. The summed E-state index contributed by atoms with van der Waals surface area (Å²) in [5, 5.41) is 0.689. The van der Waals surface area contributed by atoms with E-state index in [9.17, 15) is 9.59 Å². The molecule has 0 aliphatic heterocycles. The number of rotatable bonds is 5. The summed E-state index contributed by atoms with van der Waals surface area (Å²) >= 11 is 1.36. The molecule has 0 unspecified atom stereocenters. The highest BCUT2D eigenvalue weighted by Gasteiger charge is 2.11. The SMILES string of the molecule is CC(=O)CSc1nc2ccc(C(=O)c3ccccc3)cc2[nH]1. The number of carbonyl (C=O) groups excluding carboxylic acids is 2. The molecule has 3 rings (SSSR count). The normalized spacial score (nSPS) is 10.8. The predicted octanol–water partition coefficient (Wildman–Crippen LogP) is 3.48. The van der Waals surface area contributed by atoms with Crippen molar-refractivity contribution in [3.8, 4) is 0 Å². The number of nitrogens with zero attached hydrogens (tertiary/aromatic N) is 1. The molecule has 1 N–H and O–H groups in total. The maximum atomic E-state index is 12.4. The van der Waals surface area contributed by atoms with Crippen LogP contribution in [-0.4, -0.2) is 27.3 Å². The summed E-state index contributed by atoms with van der Waals surface area (Å²) in [7, 11) is 0. The molecule has 1 heterocycles. The Kier molecular flexibility index (Phi) is 4.06. The predicted molar refractivity (Wildman–Crippen MR) is 87.4 cm³/mol. The maximum Gasteiger partial charge on any atom is 0.193 e. The number of ketones is 2. The lowest BCUT2D eigenvalue weighted by molar-refractivity contribution is -0.114. The highest BCUT2D eigenvalue weighted by atomic mass is 32.2. The first-order valence-corrected chi connectivity index (χ1v) is 7.84. The van der Waals surface area contributed by atoms with Crippen molar-refractivity contribution in [2.75, 3.05) is 5.75 Å². The lowest BCUT2D eigenvalue weighted by Crippen LogP contribution is -2.00. The number of H-pyrrole nitrogens is 1. The van der Waals surface area contributed by atoms with Crippen LogP contribution in [0.25, 0.3) is 11.0 Å². The summed E-state index contributed by atoms with van der Waals surface area (Å²) < 4.78 is 0. The van der Waals surface area contributed by atoms with Crippen molar-refractivity contribution in [1.82, 2.24) is 9.97 Å². The van der Waals surface area contributed by atoms with Gasteiger partial charge in [-0.15, -0.1) is 0 Å². The quantitative estimate of drug-likeness (QED) is 0.579. The highest BCUT2D eigenvalue weighted by molar-refractivity contribution is 7.99. The lowest BCUT2D eigenvalue weighted by atomic mass is 10.0. The second-order valence-electron chi connectivity index (χ2n) is 4.96. The van der Waals surface area contributed by atoms with Gasteiger partial charge in [0.25, 0.3) is 0 Å². The molecule has 22 heavy (non-hydrogen) atoms. The minimum atomic E-state index is -0.0185. The summed E-state index contributed by atoms with van der Waals surface area (Å²) in [6.07, 6.45) is 0. The fourth-order valence-electron chi connectivity index (χ4n) is 2.12. The third-order valence-electron chi connectivity index (χ3n) is 3.17. The zero-order valence-electron chi connectivity index (χ0n) is 12.0. The van der Waals surface area contributed by atoms with Crippen molar-refractivity contribution >= 4 is 34.4 Å². The molecule has 0 bridgehead atoms. The second-order valence-corrected chi connectivity index (χ2v) is 5.92. The number of imidazole rings is 1. The zero-order valence-corrected chi connectivity index (χ0v) is 12.8. The van der Waals surface area contributed by atoms with Crippen LogP contribution in [0, 0.1) is 0 Å². The molecule has 0 radical (unpaired) electrons. The Bertz CT molecular complexity index is 840. The second kappa shape index (κ2) is 6.15. The number of aromatic amines is 1. The van der Waals surface area contributed by atoms with E-state index in [1.165, 1.54) is 11.8 Å². The van der Waals surface area contributed by atoms with Crippen LogP contribution in [0.4, 0.5) is 0 Å². The molecule has 4 nitrogen and oxygen atoms in total. The number of aromatic nitrogens is 2. The minimum Gasteiger partial charge on any atom is -0.333 e. The van der Waals surface area contributed by atoms with Gasteiger partial charge >= 0.3 is 0 Å². The molecule has 2 aromatic carbocycles. The van der Waals surface area contributed by atoms with Gasteiger partial charge in [0.1, 0.15) is 5.78 Å². The van der Waals surface area contributed by atoms with Gasteiger partial charge in [-0.25, -0.2) is 4.98 Å². The number of fused-ring (bicyclic) bond motifs is 1. The highest BCUT2D eigenvalue weighted by Crippen LogP contribution is 2.21. The number of Topliss-reactive ketones (excluding diaryl/α,β-unsaturated/α-hetero) is 1. The molecule has 110 valence electrons. The van der Waals surface area contributed by atoms with E-state index in [0.717, 1.165) is 11.0 Å². The summed E-state index contributed by atoms with van der Waals surface area (Å²) in [5.74, 6) is 0.468. The molecular weight excluding hydrogens is 296 g/mol. The van der Waals surface area contributed by atoms with Gasteiger partial charge in [-0.2, -0.15) is 0 Å². The Morgan fingerprint density at radius 1 is 1.09 bits per heavy atom. The molecule has 0 atom stereocenters. The lowest BCUT2D eigenvalue weighted by Gasteiger charge is -2.00. The van der Waals surface area contributed by atoms with Crippen LogP contribution >= 0.6 is 11.8 Å². The molecule has 0 spiro atoms. The van der Waals surface area contributed by atoms with Gasteiger partial charge in [0.05, 0.1) is 16.8 Å². The number of nitrogens with one attached hydrogen (secondary N) is 1. The van der Waals surface area contributed by atoms with Crippen molar-refractivity contribution in [2.45, 2.75) is 12.1 Å². The number of thioether (sulfide) groups is 1. The summed E-state index contributed by atoms with van der Waals surface area (Å²) in [6, 6.07) is 14.6. The van der Waals surface area contributed by atoms with E-state index in [4.69, 9.17) is 0 Å². The average molecular weight is 310 g/mol. The van der Waals surface area contributed by atoms with E-state index < -0.39 is 0 Å². The number of benzene rings is 2. The van der Waals surface area contributed by atoms with Gasteiger partial charge in [-0.1, -0.05) is 42.1 Å². The molecule has 5 heteroatoms. The average Bonchev–Trinajstić information content (AvgIpc) is 2.95. The van der Waals surface area contributed by atoms with E-state index in [0.29, 0.717) is 22.0 Å². The fraction of sp³-hybridized carbons (Fsp3) is 0.118. The van der Waals surface area contributed by atoms with Crippen molar-refractivity contribution in [3.63, 3.8) is 0 Å². The monoisotopic (exact) mass is 310 g/mol. The molecule has 0 fully saturated rings. The smallest absolute Gasteiger partial charge is 0.193 e. The molecule has 0 saturated heterocycles. The van der Waals surface area contributed by atoms with Gasteiger partial charge in [0.15, 0.2) is 10.9 Å². The van der Waals surface area contributed by atoms with Crippen LogP contribution in [0.1, 0.15) is 22.8 Å². The van der Waals surface area contributed by atoms with Gasteiger partial charge in [-0.05, 0) is 25.1 Å². The van der Waals surface area contributed by atoms with Crippen LogP contribution in [0.15, 0.2) is 53.7 Å². The first kappa shape index (κ1) is 14.5. The topological polar surface area (TPSA) is 62.8 Å². The third-order valence-corrected chi connectivity index (χ3v) is 4.19. The number of hydrogen-bond acceptors (Lipinski definition) is 4. The van der Waals surface area contributed by atoms with Gasteiger partial charge in [0.2, 0.25) is 0 Å². The van der Waals surface area contributed by atoms with Gasteiger partial charge in [0, 0.05) is 11.1 Å². The van der Waals surface area contributed by atoms with Crippen LogP contribution < -0.4 is 0 Å². The fourth-order valence-corrected chi connectivity index (χ4v) is 2.81. The Morgan fingerprint density at radius 2 is 1.86 bits per heavy atom. The zero-order chi connectivity index (χ0) is 15.5. The molecule has 0 amide bonds. The van der Waals surface area contributed by atoms with Crippen molar-refractivity contribution < 1.29 is 9.59 Å². The van der Waals surface area contributed by atoms with Gasteiger partial charge < -0.3 is 4.98 Å². The van der Waals surface area contributed by atoms with E-state index in [2.05, 4.69) is 9.97 Å². The summed E-state index contributed by atoms with van der Waals surface area (Å²) in [4.78, 5) is 31.0. The number of hydrogen-bond donors (Lipinski definition) is 1. The maximum absolute atomic E-state index is 12.4. The van der Waals surface area contributed by atoms with E-state index in [-0.39, 0.29) is 11.6 Å². The van der Waals surface area contributed by atoms with Crippen molar-refractivity contribution in [1.29, 1.82) is 0 Å². The summed E-state index contributed by atoms with van der Waals surface area (Å²) in [6.45, 7) is 1.55. The Morgan fingerprint density at radius 3 is 2.59 bits per heavy atom. The van der Waals surface area contributed by atoms with E-state index in [1.807, 2.05) is 24.3 Å². The third kappa shape index (κ3) is 3.09. The Labute approximate surface area is 132 Å². The Balaban J connectivity index is 1.89. The van der Waals surface area contributed by atoms with E-state index in [1.54, 1.807) is 31.2 Å². The van der Waals surface area contributed by atoms with Crippen LogP contribution in [0.3, 0.4) is 0 Å².